The van der Waals surface area contributed by atoms with Gasteiger partial charge in [0.1, 0.15) is 22.9 Å². The summed E-state index contributed by atoms with van der Waals surface area (Å²) in [7, 11) is 1.78. The maximum absolute atomic E-state index is 13.4. The molecule has 1 unspecified atom stereocenters. The second kappa shape index (κ2) is 8.84. The summed E-state index contributed by atoms with van der Waals surface area (Å²) in [5.41, 5.74) is 1.13. The zero-order valence-corrected chi connectivity index (χ0v) is 20.7. The molecule has 11 heteroatoms. The molecule has 3 aromatic heterocycles. The molecule has 0 radical (unpaired) electrons. The van der Waals surface area contributed by atoms with Crippen molar-refractivity contribution >= 4 is 28.9 Å². The fourth-order valence-electron chi connectivity index (χ4n) is 6.46. The number of ether oxygens (including phenoxy) is 2. The third-order valence-electron chi connectivity index (χ3n) is 8.40. The van der Waals surface area contributed by atoms with Crippen LogP contribution < -0.4 is 21.5 Å². The van der Waals surface area contributed by atoms with E-state index in [1.807, 2.05) is 16.8 Å². The van der Waals surface area contributed by atoms with Crippen molar-refractivity contribution in [2.75, 3.05) is 24.3 Å². The first-order valence-corrected chi connectivity index (χ1v) is 13.2. The molecule has 4 fully saturated rings. The van der Waals surface area contributed by atoms with Gasteiger partial charge in [0.05, 0.1) is 30.6 Å². The largest absolute Gasteiger partial charge is 0.376 e. The number of hydrogen-bond donors (Lipinski definition) is 3. The molecule has 4 aliphatic rings. The van der Waals surface area contributed by atoms with Crippen molar-refractivity contribution in [3.05, 3.63) is 46.5 Å². The Morgan fingerprint density at radius 1 is 1.16 bits per heavy atom. The lowest BCUT2D eigenvalue weighted by Crippen LogP contribution is -2.54. The Labute approximate surface area is 213 Å². The Morgan fingerprint density at radius 2 is 2.00 bits per heavy atom. The van der Waals surface area contributed by atoms with Gasteiger partial charge in [0.25, 0.3) is 11.5 Å². The van der Waals surface area contributed by atoms with Gasteiger partial charge >= 0.3 is 0 Å². The van der Waals surface area contributed by atoms with Crippen LogP contribution in [0.5, 0.6) is 0 Å². The summed E-state index contributed by atoms with van der Waals surface area (Å²) >= 11 is 0. The number of nitrogens with one attached hydrogen (secondary N) is 3. The highest BCUT2D eigenvalue weighted by atomic mass is 16.5. The van der Waals surface area contributed by atoms with Gasteiger partial charge in [-0.1, -0.05) is 0 Å². The number of fused-ring (bicyclic) bond motifs is 4. The van der Waals surface area contributed by atoms with Crippen LogP contribution in [0.1, 0.15) is 54.9 Å². The molecule has 1 amide bonds. The molecule has 6 atom stereocenters. The number of anilines is 3. The number of aromatic nitrogens is 4. The van der Waals surface area contributed by atoms with Crippen LogP contribution >= 0.6 is 0 Å². The van der Waals surface area contributed by atoms with Crippen LogP contribution in [-0.2, 0) is 9.47 Å². The topological polar surface area (TPSA) is 124 Å². The van der Waals surface area contributed by atoms with E-state index in [-0.39, 0.29) is 41.9 Å². The Bertz CT molecular complexity index is 1410. The lowest BCUT2D eigenvalue weighted by molar-refractivity contribution is -0.0164. The molecule has 2 bridgehead atoms. The second-order valence-electron chi connectivity index (χ2n) is 10.6. The van der Waals surface area contributed by atoms with Gasteiger partial charge < -0.3 is 30.0 Å². The van der Waals surface area contributed by atoms with Crippen molar-refractivity contribution in [1.82, 2.24) is 24.5 Å². The Balaban J connectivity index is 1.16. The van der Waals surface area contributed by atoms with Crippen molar-refractivity contribution in [2.45, 2.75) is 68.9 Å². The SMILES string of the molecule is CNc1cc(Nc2cccn(C3C[C@H]4CC[C@@H](C3)O4)c2=O)nc2c(C(=O)N[C@@H]3C[C@H]4CCO[C@H]43)cnn12. The summed E-state index contributed by atoms with van der Waals surface area (Å²) in [5, 5.41) is 13.8. The minimum absolute atomic E-state index is 0.0169. The number of carbonyl (C=O) groups is 1. The molecule has 0 spiro atoms. The van der Waals surface area contributed by atoms with Crippen molar-refractivity contribution in [3.8, 4) is 0 Å². The van der Waals surface area contributed by atoms with E-state index in [4.69, 9.17) is 9.47 Å². The number of amides is 1. The Hall–Kier alpha value is -3.44. The summed E-state index contributed by atoms with van der Waals surface area (Å²) in [4.78, 5) is 31.3. The fourth-order valence-corrected chi connectivity index (χ4v) is 6.46. The van der Waals surface area contributed by atoms with Crippen molar-refractivity contribution in [2.24, 2.45) is 5.92 Å². The van der Waals surface area contributed by atoms with Crippen LogP contribution in [0, 0.1) is 5.92 Å². The van der Waals surface area contributed by atoms with Gasteiger partial charge in [0.2, 0.25) is 0 Å². The van der Waals surface area contributed by atoms with Crippen molar-refractivity contribution in [3.63, 3.8) is 0 Å². The van der Waals surface area contributed by atoms with Crippen molar-refractivity contribution in [1.29, 1.82) is 0 Å². The number of hydrogen-bond acceptors (Lipinski definition) is 8. The van der Waals surface area contributed by atoms with Crippen LogP contribution in [0.25, 0.3) is 5.65 Å². The molecule has 11 nitrogen and oxygen atoms in total. The lowest BCUT2D eigenvalue weighted by Gasteiger charge is -2.39. The van der Waals surface area contributed by atoms with Crippen LogP contribution in [0.2, 0.25) is 0 Å². The van der Waals surface area contributed by atoms with E-state index in [1.165, 1.54) is 6.20 Å². The highest BCUT2D eigenvalue weighted by Gasteiger charge is 2.46. The van der Waals surface area contributed by atoms with Gasteiger partial charge in [-0.15, -0.1) is 0 Å². The van der Waals surface area contributed by atoms with Gasteiger partial charge in [-0.25, -0.2) is 4.98 Å². The first kappa shape index (κ1) is 22.7. The predicted molar refractivity (Wildman–Crippen MR) is 136 cm³/mol. The Kier molecular flexibility index (Phi) is 5.43. The zero-order valence-electron chi connectivity index (χ0n) is 20.7. The Morgan fingerprint density at radius 3 is 2.78 bits per heavy atom. The maximum atomic E-state index is 13.4. The third kappa shape index (κ3) is 3.88. The molecule has 3 N–H and O–H groups in total. The molecule has 1 aliphatic carbocycles. The molecule has 1 saturated carbocycles. The molecule has 6 heterocycles. The second-order valence-corrected chi connectivity index (χ2v) is 10.6. The van der Waals surface area contributed by atoms with E-state index in [2.05, 4.69) is 26.0 Å². The normalized spacial score (nSPS) is 30.1. The minimum Gasteiger partial charge on any atom is -0.376 e. The van der Waals surface area contributed by atoms with E-state index in [0.29, 0.717) is 34.5 Å². The van der Waals surface area contributed by atoms with Gasteiger partial charge in [0, 0.05) is 32.0 Å². The molecule has 3 aliphatic heterocycles. The lowest BCUT2D eigenvalue weighted by atomic mass is 9.77. The molecule has 0 aromatic carbocycles. The van der Waals surface area contributed by atoms with E-state index >= 15 is 0 Å². The van der Waals surface area contributed by atoms with Gasteiger partial charge in [-0.05, 0) is 56.6 Å². The van der Waals surface area contributed by atoms with Crippen LogP contribution in [0.3, 0.4) is 0 Å². The summed E-state index contributed by atoms with van der Waals surface area (Å²) in [6.07, 6.45) is 9.83. The van der Waals surface area contributed by atoms with Gasteiger partial charge in [0.15, 0.2) is 5.65 Å². The number of rotatable bonds is 6. The molecule has 7 rings (SSSR count). The highest BCUT2D eigenvalue weighted by molar-refractivity contribution is 6.00. The molecule has 37 heavy (non-hydrogen) atoms. The van der Waals surface area contributed by atoms with E-state index in [0.717, 1.165) is 45.1 Å². The molecule has 194 valence electrons. The summed E-state index contributed by atoms with van der Waals surface area (Å²) < 4.78 is 15.1. The van der Waals surface area contributed by atoms with Crippen molar-refractivity contribution < 1.29 is 14.3 Å². The highest BCUT2D eigenvalue weighted by Crippen LogP contribution is 2.39. The summed E-state index contributed by atoms with van der Waals surface area (Å²) in [6, 6.07) is 5.56. The average Bonchev–Trinajstić information content (AvgIpc) is 3.59. The summed E-state index contributed by atoms with van der Waals surface area (Å²) in [5.74, 6) is 1.42. The zero-order chi connectivity index (χ0) is 25.1. The minimum atomic E-state index is -0.225. The molecular formula is C26H31N7O4. The standard InChI is InChI=1S/C26H31N7O4/c1-27-22-12-21(29-19-3-2-7-32(26(19)35)15-10-16-4-5-17(11-15)37-16)31-24-18(13-28-33(22)24)25(34)30-20-9-14-6-8-36-23(14)20/h2-3,7,12-17,20,23,27H,4-6,8-11H2,1H3,(H,29,31)(H,30,34)/t14-,15?,16-,17+,20-,23-/m1/s1. The average molecular weight is 506 g/mol. The van der Waals surface area contributed by atoms with E-state index in [1.54, 1.807) is 23.7 Å². The first-order chi connectivity index (χ1) is 18.1. The first-order valence-electron chi connectivity index (χ1n) is 13.2. The van der Waals surface area contributed by atoms with Crippen LogP contribution in [0.15, 0.2) is 35.4 Å². The van der Waals surface area contributed by atoms with E-state index in [9.17, 15) is 9.59 Å². The van der Waals surface area contributed by atoms with E-state index < -0.39 is 0 Å². The maximum Gasteiger partial charge on any atom is 0.274 e. The molecule has 3 aromatic rings. The smallest absolute Gasteiger partial charge is 0.274 e. The van der Waals surface area contributed by atoms with Gasteiger partial charge in [-0.3, -0.25) is 9.59 Å². The number of carbonyl (C=O) groups excluding carboxylic acids is 1. The number of nitrogens with zero attached hydrogens (tertiary/aromatic N) is 4. The van der Waals surface area contributed by atoms with Crippen LogP contribution in [-0.4, -0.2) is 63.1 Å². The molecule has 3 saturated heterocycles. The predicted octanol–water partition coefficient (Wildman–Crippen LogP) is 2.47. The molecular weight excluding hydrogens is 474 g/mol. The number of pyridine rings is 1. The third-order valence-corrected chi connectivity index (χ3v) is 8.40. The van der Waals surface area contributed by atoms with Gasteiger partial charge in [-0.2, -0.15) is 9.61 Å². The monoisotopic (exact) mass is 505 g/mol. The quantitative estimate of drug-likeness (QED) is 0.467. The fraction of sp³-hybridized carbons (Fsp3) is 0.538. The van der Waals surface area contributed by atoms with Crippen LogP contribution in [0.4, 0.5) is 17.3 Å². The summed E-state index contributed by atoms with van der Waals surface area (Å²) in [6.45, 7) is 0.761.